The number of ether oxygens (including phenoxy) is 1. The molecular formula is C5H11CuO4P+. The van der Waals surface area contributed by atoms with Crippen molar-refractivity contribution >= 4 is 8.25 Å². The van der Waals surface area contributed by atoms with Crippen LogP contribution in [-0.2, 0) is 30.9 Å². The van der Waals surface area contributed by atoms with Crippen molar-refractivity contribution in [2.45, 2.75) is 19.4 Å². The van der Waals surface area contributed by atoms with Gasteiger partial charge in [0.2, 0.25) is 0 Å². The Morgan fingerprint density at radius 2 is 2.18 bits per heavy atom. The Bertz CT molecular complexity index is 111. The second-order valence-electron chi connectivity index (χ2n) is 1.89. The van der Waals surface area contributed by atoms with Gasteiger partial charge in [0.05, 0.1) is 6.10 Å². The average molecular weight is 230 g/mol. The summed E-state index contributed by atoms with van der Waals surface area (Å²) in [6.45, 7) is 2.05. The van der Waals surface area contributed by atoms with E-state index in [2.05, 4.69) is 4.52 Å². The van der Waals surface area contributed by atoms with Gasteiger partial charge < -0.3 is 9.63 Å². The summed E-state index contributed by atoms with van der Waals surface area (Å²) in [6.07, 6.45) is 0.648. The molecule has 0 aliphatic heterocycles. The molecule has 0 bridgehead atoms. The largest absolute Gasteiger partial charge is 1.00 e. The standard InChI is InChI=1S/C5H11O4P.Cu/c1-5(8-2)3-4-9-10(6)7;/h5H,3-4H2,1-2H3;/q;+1. The quantitative estimate of drug-likeness (QED) is 0.507. The maximum atomic E-state index is 9.84. The van der Waals surface area contributed by atoms with Crippen molar-refractivity contribution in [2.24, 2.45) is 0 Å². The Morgan fingerprint density at radius 3 is 2.55 bits per heavy atom. The van der Waals surface area contributed by atoms with Crippen LogP contribution in [0.15, 0.2) is 0 Å². The van der Waals surface area contributed by atoms with Crippen LogP contribution in [0.3, 0.4) is 0 Å². The fourth-order valence-corrected chi connectivity index (χ4v) is 0.666. The first-order valence-corrected chi connectivity index (χ1v) is 4.06. The normalized spacial score (nSPS) is 13.5. The summed E-state index contributed by atoms with van der Waals surface area (Å²) in [5.41, 5.74) is 0. The van der Waals surface area contributed by atoms with Crippen molar-refractivity contribution in [3.63, 3.8) is 0 Å². The van der Waals surface area contributed by atoms with Crippen molar-refractivity contribution in [3.8, 4) is 0 Å². The summed E-state index contributed by atoms with van der Waals surface area (Å²) in [7, 11) is -1.12. The first-order chi connectivity index (χ1) is 4.66. The number of hydrogen-bond donors (Lipinski definition) is 0. The third-order valence-electron chi connectivity index (χ3n) is 1.12. The summed E-state index contributed by atoms with van der Waals surface area (Å²) >= 11 is 0. The molecule has 6 heteroatoms. The minimum absolute atomic E-state index is 0. The van der Waals surface area contributed by atoms with Crippen molar-refractivity contribution in [3.05, 3.63) is 0 Å². The molecule has 0 rings (SSSR count). The van der Waals surface area contributed by atoms with E-state index in [9.17, 15) is 9.46 Å². The van der Waals surface area contributed by atoms with E-state index < -0.39 is 8.25 Å². The Balaban J connectivity index is 0. The van der Waals surface area contributed by atoms with Gasteiger partial charge in [0.1, 0.15) is 6.61 Å². The molecule has 11 heavy (non-hydrogen) atoms. The van der Waals surface area contributed by atoms with Gasteiger partial charge in [-0.2, -0.15) is 0 Å². The molecule has 0 aliphatic rings. The van der Waals surface area contributed by atoms with Crippen LogP contribution in [0.5, 0.6) is 0 Å². The van der Waals surface area contributed by atoms with Gasteiger partial charge in [-0.15, -0.1) is 4.52 Å². The molecule has 0 aliphatic carbocycles. The smallest absolute Gasteiger partial charge is 0.566 e. The Labute approximate surface area is 77.7 Å². The number of hydrogen-bond acceptors (Lipinski definition) is 4. The third-order valence-corrected chi connectivity index (χ3v) is 1.52. The van der Waals surface area contributed by atoms with Crippen LogP contribution in [0.25, 0.3) is 0 Å². The van der Waals surface area contributed by atoms with Crippen molar-refractivity contribution in [2.75, 3.05) is 13.7 Å². The van der Waals surface area contributed by atoms with Crippen LogP contribution in [0.1, 0.15) is 13.3 Å². The van der Waals surface area contributed by atoms with E-state index in [1.807, 2.05) is 6.92 Å². The maximum absolute atomic E-state index is 9.84. The minimum Gasteiger partial charge on any atom is -0.566 e. The molecule has 4 nitrogen and oxygen atoms in total. The van der Waals surface area contributed by atoms with Crippen LogP contribution in [0, 0.1) is 0 Å². The van der Waals surface area contributed by atoms with E-state index in [0.717, 1.165) is 0 Å². The van der Waals surface area contributed by atoms with E-state index in [0.29, 0.717) is 6.42 Å². The van der Waals surface area contributed by atoms with Crippen molar-refractivity contribution in [1.82, 2.24) is 0 Å². The fraction of sp³-hybridized carbons (Fsp3) is 1.00. The maximum Gasteiger partial charge on any atom is 1.00 e. The molecule has 0 saturated carbocycles. The molecule has 2 atom stereocenters. The van der Waals surface area contributed by atoms with Gasteiger partial charge in [0.15, 0.2) is 0 Å². The monoisotopic (exact) mass is 229 g/mol. The molecule has 0 aromatic rings. The first kappa shape index (κ1) is 14.0. The Hall–Kier alpha value is 0.499. The van der Waals surface area contributed by atoms with Crippen LogP contribution >= 0.6 is 8.25 Å². The predicted octanol–water partition coefficient (Wildman–Crippen LogP) is 0.443. The van der Waals surface area contributed by atoms with E-state index in [-0.39, 0.29) is 29.8 Å². The topological polar surface area (TPSA) is 58.6 Å². The number of rotatable bonds is 5. The van der Waals surface area contributed by atoms with Crippen LogP contribution in [0.2, 0.25) is 0 Å². The van der Waals surface area contributed by atoms with Crippen LogP contribution in [0.4, 0.5) is 0 Å². The van der Waals surface area contributed by atoms with E-state index in [1.54, 1.807) is 7.11 Å². The third kappa shape index (κ3) is 10.5. The Kier molecular flexibility index (Phi) is 11.0. The van der Waals surface area contributed by atoms with Crippen molar-refractivity contribution in [1.29, 1.82) is 0 Å². The molecule has 0 heterocycles. The van der Waals surface area contributed by atoms with Crippen LogP contribution < -0.4 is 4.89 Å². The summed E-state index contributed by atoms with van der Waals surface area (Å²) in [5, 5.41) is 0. The SMILES string of the molecule is COC(C)CCO[P+](=O)[O-].[Cu+]. The molecule has 0 saturated heterocycles. The van der Waals surface area contributed by atoms with E-state index >= 15 is 0 Å². The fourth-order valence-electron chi connectivity index (χ4n) is 0.411. The first-order valence-electron chi connectivity index (χ1n) is 2.97. The molecular weight excluding hydrogens is 219 g/mol. The Morgan fingerprint density at radius 1 is 1.64 bits per heavy atom. The summed E-state index contributed by atoms with van der Waals surface area (Å²) < 4.78 is 19.0. The molecule has 2 unspecified atom stereocenters. The van der Waals surface area contributed by atoms with Gasteiger partial charge in [-0.05, 0) is 11.5 Å². The van der Waals surface area contributed by atoms with Gasteiger partial charge in [0.25, 0.3) is 0 Å². The van der Waals surface area contributed by atoms with Gasteiger partial charge in [-0.1, -0.05) is 0 Å². The zero-order valence-corrected chi connectivity index (χ0v) is 8.21. The molecule has 0 fully saturated rings. The van der Waals surface area contributed by atoms with Gasteiger partial charge >= 0.3 is 25.3 Å². The molecule has 0 amide bonds. The van der Waals surface area contributed by atoms with E-state index in [1.165, 1.54) is 0 Å². The molecule has 70 valence electrons. The minimum atomic E-state index is -2.69. The van der Waals surface area contributed by atoms with E-state index in [4.69, 9.17) is 4.74 Å². The molecule has 0 aromatic carbocycles. The molecule has 0 radical (unpaired) electrons. The predicted molar refractivity (Wildman–Crippen MR) is 34.6 cm³/mol. The summed E-state index contributed by atoms with van der Waals surface area (Å²) in [5.74, 6) is 0. The summed E-state index contributed by atoms with van der Waals surface area (Å²) in [4.78, 5) is 9.84. The van der Waals surface area contributed by atoms with Gasteiger partial charge in [-0.25, -0.2) is 0 Å². The molecule has 0 spiro atoms. The summed E-state index contributed by atoms with van der Waals surface area (Å²) in [6, 6.07) is 0. The van der Waals surface area contributed by atoms with Crippen molar-refractivity contribution < 1.29 is 35.8 Å². The van der Waals surface area contributed by atoms with Gasteiger partial charge in [0, 0.05) is 13.5 Å². The number of methoxy groups -OCH3 is 1. The second-order valence-corrected chi connectivity index (χ2v) is 2.60. The second kappa shape index (κ2) is 8.59. The van der Waals surface area contributed by atoms with Gasteiger partial charge in [-0.3, -0.25) is 0 Å². The molecule has 0 N–H and O–H groups in total. The zero-order chi connectivity index (χ0) is 7.98. The van der Waals surface area contributed by atoms with Crippen LogP contribution in [-0.4, -0.2) is 19.8 Å². The molecule has 0 aromatic heterocycles. The average Bonchev–Trinajstić information content (AvgIpc) is 1.87. The zero-order valence-electron chi connectivity index (χ0n) is 6.37.